The molecule has 2 amide bonds. The first-order valence-corrected chi connectivity index (χ1v) is 8.13. The van der Waals surface area contributed by atoms with Crippen molar-refractivity contribution in [1.82, 2.24) is 4.90 Å². The number of primary amides is 1. The van der Waals surface area contributed by atoms with E-state index in [4.69, 9.17) is 15.2 Å². The molecule has 2 aromatic rings. The summed E-state index contributed by atoms with van der Waals surface area (Å²) >= 11 is 0. The van der Waals surface area contributed by atoms with Crippen molar-refractivity contribution in [2.24, 2.45) is 5.73 Å². The summed E-state index contributed by atoms with van der Waals surface area (Å²) < 4.78 is 23.6. The van der Waals surface area contributed by atoms with Crippen LogP contribution >= 0.6 is 0 Å². The molecule has 26 heavy (non-hydrogen) atoms. The summed E-state index contributed by atoms with van der Waals surface area (Å²) in [5.74, 6) is -0.0254. The lowest BCUT2D eigenvalue weighted by molar-refractivity contribution is -0.118. The average molecular weight is 358 g/mol. The summed E-state index contributed by atoms with van der Waals surface area (Å²) in [5, 5.41) is 0. The number of fused-ring (bicyclic) bond motifs is 1. The van der Waals surface area contributed by atoms with Crippen molar-refractivity contribution < 1.29 is 23.5 Å². The van der Waals surface area contributed by atoms with Gasteiger partial charge in [-0.2, -0.15) is 0 Å². The summed E-state index contributed by atoms with van der Waals surface area (Å²) in [4.78, 5) is 25.8. The molecule has 2 aromatic carbocycles. The Morgan fingerprint density at radius 3 is 2.54 bits per heavy atom. The molecular formula is C19H19FN2O4. The largest absolute Gasteiger partial charge is 0.454 e. The number of carbonyl (C=O) groups excluding carboxylic acids is 2. The lowest BCUT2D eigenvalue weighted by Gasteiger charge is -2.28. The van der Waals surface area contributed by atoms with Gasteiger partial charge in [0.25, 0.3) is 5.91 Å². The van der Waals surface area contributed by atoms with Crippen LogP contribution in [0.2, 0.25) is 0 Å². The van der Waals surface area contributed by atoms with Crippen molar-refractivity contribution in [2.75, 3.05) is 13.8 Å². The number of amides is 2. The Balaban J connectivity index is 1.79. The first-order chi connectivity index (χ1) is 12.4. The predicted octanol–water partition coefficient (Wildman–Crippen LogP) is 2.11. The predicted molar refractivity (Wildman–Crippen MR) is 92.4 cm³/mol. The molecule has 0 fully saturated rings. The lowest BCUT2D eigenvalue weighted by Crippen LogP contribution is -2.41. The number of nitrogens with zero attached hydrogens (tertiary/aromatic N) is 1. The highest BCUT2D eigenvalue weighted by Crippen LogP contribution is 2.33. The van der Waals surface area contributed by atoms with E-state index in [1.165, 1.54) is 17.0 Å². The molecule has 0 aromatic heterocycles. The third-order valence-electron chi connectivity index (χ3n) is 4.31. The van der Waals surface area contributed by atoms with Crippen LogP contribution < -0.4 is 15.2 Å². The highest BCUT2D eigenvalue weighted by atomic mass is 19.1. The zero-order chi connectivity index (χ0) is 18.7. The Morgan fingerprint density at radius 2 is 1.85 bits per heavy atom. The average Bonchev–Trinajstić information content (AvgIpc) is 3.09. The second-order valence-electron chi connectivity index (χ2n) is 6.14. The van der Waals surface area contributed by atoms with Gasteiger partial charge in [0.15, 0.2) is 11.5 Å². The zero-order valence-corrected chi connectivity index (χ0v) is 14.3. The summed E-state index contributed by atoms with van der Waals surface area (Å²) in [6.45, 7) is 0.123. The number of benzene rings is 2. The second kappa shape index (κ2) is 7.43. The highest BCUT2D eigenvalue weighted by molar-refractivity contribution is 5.95. The topological polar surface area (TPSA) is 81.9 Å². The SMILES string of the molecule is CN(C(=O)c1ccc2c(c1)OCO2)C(CC(N)=O)Cc1ccc(F)cc1. The van der Waals surface area contributed by atoms with E-state index >= 15 is 0 Å². The minimum Gasteiger partial charge on any atom is -0.454 e. The lowest BCUT2D eigenvalue weighted by atomic mass is 10.0. The number of ether oxygens (including phenoxy) is 2. The van der Waals surface area contributed by atoms with E-state index in [9.17, 15) is 14.0 Å². The first-order valence-electron chi connectivity index (χ1n) is 8.13. The molecule has 0 saturated carbocycles. The third-order valence-corrected chi connectivity index (χ3v) is 4.31. The first kappa shape index (κ1) is 17.7. The molecule has 1 aliphatic rings. The summed E-state index contributed by atoms with van der Waals surface area (Å²) in [5.41, 5.74) is 6.58. The van der Waals surface area contributed by atoms with Gasteiger partial charge in [0.2, 0.25) is 12.7 Å². The third kappa shape index (κ3) is 3.93. The van der Waals surface area contributed by atoms with Crippen LogP contribution in [0.5, 0.6) is 11.5 Å². The van der Waals surface area contributed by atoms with E-state index in [0.29, 0.717) is 23.5 Å². The van der Waals surface area contributed by atoms with Crippen LogP contribution in [-0.4, -0.2) is 36.6 Å². The number of halogens is 1. The molecule has 1 unspecified atom stereocenters. The minimum absolute atomic E-state index is 0.00414. The van der Waals surface area contributed by atoms with E-state index < -0.39 is 11.9 Å². The smallest absolute Gasteiger partial charge is 0.254 e. The van der Waals surface area contributed by atoms with E-state index in [1.807, 2.05) is 0 Å². The van der Waals surface area contributed by atoms with Gasteiger partial charge in [-0.05, 0) is 42.3 Å². The van der Waals surface area contributed by atoms with Crippen molar-refractivity contribution in [3.63, 3.8) is 0 Å². The van der Waals surface area contributed by atoms with Crippen molar-refractivity contribution in [3.8, 4) is 11.5 Å². The quantitative estimate of drug-likeness (QED) is 0.857. The molecular weight excluding hydrogens is 339 g/mol. The number of hydrogen-bond acceptors (Lipinski definition) is 4. The van der Waals surface area contributed by atoms with Gasteiger partial charge >= 0.3 is 0 Å². The van der Waals surface area contributed by atoms with Crippen LogP contribution in [0.1, 0.15) is 22.3 Å². The monoisotopic (exact) mass is 358 g/mol. The Bertz CT molecular complexity index is 823. The number of hydrogen-bond donors (Lipinski definition) is 1. The molecule has 0 spiro atoms. The van der Waals surface area contributed by atoms with Crippen molar-refractivity contribution in [1.29, 1.82) is 0 Å². The number of carbonyl (C=O) groups is 2. The Hall–Kier alpha value is -3.09. The number of rotatable bonds is 6. The maximum Gasteiger partial charge on any atom is 0.254 e. The molecule has 3 rings (SSSR count). The highest BCUT2D eigenvalue weighted by Gasteiger charge is 2.25. The number of nitrogens with two attached hydrogens (primary N) is 1. The molecule has 0 radical (unpaired) electrons. The van der Waals surface area contributed by atoms with Gasteiger partial charge in [-0.3, -0.25) is 9.59 Å². The van der Waals surface area contributed by atoms with Crippen LogP contribution in [-0.2, 0) is 11.2 Å². The fourth-order valence-corrected chi connectivity index (χ4v) is 2.87. The molecule has 0 bridgehead atoms. The maximum atomic E-state index is 13.1. The van der Waals surface area contributed by atoms with Crippen LogP contribution in [0, 0.1) is 5.82 Å². The van der Waals surface area contributed by atoms with Crippen LogP contribution in [0.3, 0.4) is 0 Å². The normalized spacial score (nSPS) is 13.3. The fraction of sp³-hybridized carbons (Fsp3) is 0.263. The molecule has 1 atom stereocenters. The van der Waals surface area contributed by atoms with Crippen molar-refractivity contribution in [2.45, 2.75) is 18.9 Å². The van der Waals surface area contributed by atoms with Gasteiger partial charge in [-0.25, -0.2) is 4.39 Å². The Labute approximate surface area is 150 Å². The van der Waals surface area contributed by atoms with Gasteiger partial charge in [0.1, 0.15) is 5.82 Å². The van der Waals surface area contributed by atoms with Gasteiger partial charge < -0.3 is 20.1 Å². The summed E-state index contributed by atoms with van der Waals surface area (Å²) in [6, 6.07) is 10.4. The maximum absolute atomic E-state index is 13.1. The second-order valence-corrected chi connectivity index (χ2v) is 6.14. The molecule has 1 heterocycles. The molecule has 136 valence electrons. The van der Waals surface area contributed by atoms with Gasteiger partial charge in [0.05, 0.1) is 0 Å². The van der Waals surface area contributed by atoms with Gasteiger partial charge in [0, 0.05) is 25.1 Å². The summed E-state index contributed by atoms with van der Waals surface area (Å²) in [7, 11) is 1.62. The molecule has 6 nitrogen and oxygen atoms in total. The van der Waals surface area contributed by atoms with E-state index in [0.717, 1.165) is 5.56 Å². The standard InChI is InChI=1S/C19H19FN2O4/c1-22(19(24)13-4-7-16-17(9-13)26-11-25-16)15(10-18(21)23)8-12-2-5-14(20)6-3-12/h2-7,9,15H,8,10-11H2,1H3,(H2,21,23). The minimum atomic E-state index is -0.512. The fourth-order valence-electron chi connectivity index (χ4n) is 2.87. The van der Waals surface area contributed by atoms with E-state index in [1.54, 1.807) is 37.4 Å². The molecule has 2 N–H and O–H groups in total. The van der Waals surface area contributed by atoms with E-state index in [-0.39, 0.29) is 24.9 Å². The molecule has 0 aliphatic carbocycles. The van der Waals surface area contributed by atoms with Crippen molar-refractivity contribution >= 4 is 11.8 Å². The molecule has 7 heteroatoms. The Morgan fingerprint density at radius 1 is 1.15 bits per heavy atom. The zero-order valence-electron chi connectivity index (χ0n) is 14.3. The van der Waals surface area contributed by atoms with Crippen LogP contribution in [0.25, 0.3) is 0 Å². The van der Waals surface area contributed by atoms with Crippen molar-refractivity contribution in [3.05, 3.63) is 59.4 Å². The summed E-state index contributed by atoms with van der Waals surface area (Å²) in [6.07, 6.45) is 0.389. The van der Waals surface area contributed by atoms with Gasteiger partial charge in [-0.15, -0.1) is 0 Å². The molecule has 1 aliphatic heterocycles. The van der Waals surface area contributed by atoms with E-state index in [2.05, 4.69) is 0 Å². The van der Waals surface area contributed by atoms with Gasteiger partial charge in [-0.1, -0.05) is 12.1 Å². The van der Waals surface area contributed by atoms with Crippen LogP contribution in [0.15, 0.2) is 42.5 Å². The molecule has 0 saturated heterocycles. The number of likely N-dealkylation sites (N-methyl/N-ethyl adjacent to an activating group) is 1. The van der Waals surface area contributed by atoms with Crippen LogP contribution in [0.4, 0.5) is 4.39 Å². The Kier molecular flexibility index (Phi) is 5.06.